The molecule has 1 aromatic heterocycles. The van der Waals surface area contributed by atoms with Crippen LogP contribution in [0.15, 0.2) is 23.6 Å². The minimum atomic E-state index is 0.770. The molecule has 1 aliphatic rings. The third-order valence-electron chi connectivity index (χ3n) is 2.34. The number of hydrogen-bond acceptors (Lipinski definition) is 5. The van der Waals surface area contributed by atoms with E-state index in [2.05, 4.69) is 14.9 Å². The third-order valence-corrected chi connectivity index (χ3v) is 5.18. The molecule has 1 aromatic rings. The monoisotopic (exact) mass is 271 g/mol. The first-order chi connectivity index (χ1) is 7.86. The van der Waals surface area contributed by atoms with Gasteiger partial charge in [0.2, 0.25) is 0 Å². The van der Waals surface area contributed by atoms with Crippen LogP contribution >= 0.6 is 33.8 Å². The maximum Gasteiger partial charge on any atom is 0.198 e. The van der Waals surface area contributed by atoms with E-state index >= 15 is 0 Å². The molecule has 1 saturated heterocycles. The van der Waals surface area contributed by atoms with Crippen LogP contribution in [-0.2, 0) is 0 Å². The summed E-state index contributed by atoms with van der Waals surface area (Å²) < 4.78 is 0.956. The van der Waals surface area contributed by atoms with Crippen molar-refractivity contribution in [3.05, 3.63) is 18.5 Å². The predicted octanol–water partition coefficient (Wildman–Crippen LogP) is 2.99. The molecule has 0 aliphatic carbocycles. The lowest BCUT2D eigenvalue weighted by Gasteiger charge is -2.27. The Labute approximate surface area is 109 Å². The number of nitrogens with zero attached hydrogens (tertiary/aromatic N) is 3. The van der Waals surface area contributed by atoms with Crippen LogP contribution in [0.2, 0.25) is 0 Å². The molecule has 86 valence electrons. The van der Waals surface area contributed by atoms with Crippen LogP contribution in [0.25, 0.3) is 0 Å². The lowest BCUT2D eigenvalue weighted by Crippen LogP contribution is -2.32. The molecular formula is C10H13N3S3. The van der Waals surface area contributed by atoms with Crippen molar-refractivity contribution in [2.75, 3.05) is 13.1 Å². The van der Waals surface area contributed by atoms with Gasteiger partial charge in [-0.2, -0.15) is 0 Å². The number of piperidine rings is 1. The summed E-state index contributed by atoms with van der Waals surface area (Å²) in [5.74, 6) is 0. The summed E-state index contributed by atoms with van der Waals surface area (Å²) in [5, 5.41) is 0.770. The van der Waals surface area contributed by atoms with E-state index in [-0.39, 0.29) is 0 Å². The molecule has 0 unspecified atom stereocenters. The van der Waals surface area contributed by atoms with Gasteiger partial charge in [0.25, 0.3) is 0 Å². The standard InChI is InChI=1S/C10H13N3S3/c14-10(13-7-2-1-3-8-13)16-15-9-11-5-4-6-12-9/h4-6H,1-3,7-8H2. The molecule has 0 bridgehead atoms. The number of hydrogen-bond donors (Lipinski definition) is 0. The zero-order valence-electron chi connectivity index (χ0n) is 8.83. The van der Waals surface area contributed by atoms with Gasteiger partial charge in [-0.1, -0.05) is 12.2 Å². The summed E-state index contributed by atoms with van der Waals surface area (Å²) in [6.45, 7) is 2.20. The van der Waals surface area contributed by atoms with E-state index in [0.717, 1.165) is 22.6 Å². The molecule has 1 fully saturated rings. The van der Waals surface area contributed by atoms with E-state index in [1.807, 2.05) is 6.07 Å². The third kappa shape index (κ3) is 3.61. The van der Waals surface area contributed by atoms with Gasteiger partial charge in [0.1, 0.15) is 4.32 Å². The van der Waals surface area contributed by atoms with Crippen molar-refractivity contribution in [3.63, 3.8) is 0 Å². The quantitative estimate of drug-likeness (QED) is 0.467. The summed E-state index contributed by atoms with van der Waals surface area (Å²) in [6.07, 6.45) is 7.35. The van der Waals surface area contributed by atoms with Crippen molar-refractivity contribution >= 4 is 38.1 Å². The summed E-state index contributed by atoms with van der Waals surface area (Å²) in [7, 11) is 3.12. The second-order valence-corrected chi connectivity index (χ2v) is 6.24. The van der Waals surface area contributed by atoms with Gasteiger partial charge in [-0.15, -0.1) is 0 Å². The molecule has 2 rings (SSSR count). The lowest BCUT2D eigenvalue weighted by molar-refractivity contribution is 0.352. The second-order valence-electron chi connectivity index (χ2n) is 3.51. The van der Waals surface area contributed by atoms with Crippen LogP contribution in [0.1, 0.15) is 19.3 Å². The van der Waals surface area contributed by atoms with Crippen LogP contribution in [-0.4, -0.2) is 32.3 Å². The van der Waals surface area contributed by atoms with E-state index in [1.54, 1.807) is 23.2 Å². The highest BCUT2D eigenvalue weighted by atomic mass is 33.1. The topological polar surface area (TPSA) is 29.0 Å². The molecule has 2 heterocycles. The zero-order valence-corrected chi connectivity index (χ0v) is 11.3. The summed E-state index contributed by atoms with van der Waals surface area (Å²) in [5.41, 5.74) is 0. The van der Waals surface area contributed by atoms with Gasteiger partial charge in [-0.3, -0.25) is 0 Å². The number of likely N-dealkylation sites (tertiary alicyclic amines) is 1. The summed E-state index contributed by atoms with van der Waals surface area (Å²) in [6, 6.07) is 1.82. The average Bonchev–Trinajstić information content (AvgIpc) is 2.38. The molecule has 0 amide bonds. The second kappa shape index (κ2) is 6.42. The normalized spacial score (nSPS) is 16.1. The van der Waals surface area contributed by atoms with E-state index in [9.17, 15) is 0 Å². The Morgan fingerprint density at radius 3 is 2.56 bits per heavy atom. The van der Waals surface area contributed by atoms with Crippen molar-refractivity contribution in [2.45, 2.75) is 24.4 Å². The molecule has 16 heavy (non-hydrogen) atoms. The highest BCUT2D eigenvalue weighted by molar-refractivity contribution is 8.83. The SMILES string of the molecule is S=C(SSc1ncccn1)N1CCCCC1. The Bertz CT molecular complexity index is 338. The molecule has 0 spiro atoms. The molecule has 0 aromatic carbocycles. The van der Waals surface area contributed by atoms with Crippen LogP contribution in [0.4, 0.5) is 0 Å². The van der Waals surface area contributed by atoms with Gasteiger partial charge >= 0.3 is 0 Å². The van der Waals surface area contributed by atoms with E-state index in [0.29, 0.717) is 0 Å². The summed E-state index contributed by atoms with van der Waals surface area (Å²) >= 11 is 5.39. The highest BCUT2D eigenvalue weighted by Gasteiger charge is 2.14. The average molecular weight is 271 g/mol. The van der Waals surface area contributed by atoms with E-state index in [4.69, 9.17) is 12.2 Å². The molecule has 0 atom stereocenters. The molecular weight excluding hydrogens is 258 g/mol. The molecule has 6 heteroatoms. The number of aromatic nitrogens is 2. The number of thiocarbonyl (C=S) groups is 1. The van der Waals surface area contributed by atoms with Crippen LogP contribution in [0, 0.1) is 0 Å². The molecule has 0 N–H and O–H groups in total. The fourth-order valence-corrected chi connectivity index (χ4v) is 3.67. The fourth-order valence-electron chi connectivity index (χ4n) is 1.53. The molecule has 3 nitrogen and oxygen atoms in total. The van der Waals surface area contributed by atoms with Gasteiger partial charge in [0.15, 0.2) is 5.16 Å². The first-order valence-corrected chi connectivity index (χ1v) is 7.82. The first kappa shape index (κ1) is 12.1. The maximum absolute atomic E-state index is 5.39. The van der Waals surface area contributed by atoms with Crippen LogP contribution in [0.5, 0.6) is 0 Å². The zero-order chi connectivity index (χ0) is 11.2. The van der Waals surface area contributed by atoms with Gasteiger partial charge in [0, 0.05) is 25.5 Å². The largest absolute Gasteiger partial charge is 0.357 e. The van der Waals surface area contributed by atoms with Crippen molar-refractivity contribution in [1.29, 1.82) is 0 Å². The predicted molar refractivity (Wildman–Crippen MR) is 73.5 cm³/mol. The Balaban J connectivity index is 1.79. The Hall–Kier alpha value is -0.330. The Morgan fingerprint density at radius 1 is 1.19 bits per heavy atom. The van der Waals surface area contributed by atoms with Gasteiger partial charge in [0.05, 0.1) is 0 Å². The van der Waals surface area contributed by atoms with Crippen molar-refractivity contribution in [1.82, 2.24) is 14.9 Å². The summed E-state index contributed by atoms with van der Waals surface area (Å²) in [4.78, 5) is 10.6. The van der Waals surface area contributed by atoms with Gasteiger partial charge < -0.3 is 4.90 Å². The lowest BCUT2D eigenvalue weighted by atomic mass is 10.1. The van der Waals surface area contributed by atoms with Crippen LogP contribution in [0.3, 0.4) is 0 Å². The molecule has 0 radical (unpaired) electrons. The van der Waals surface area contributed by atoms with Crippen molar-refractivity contribution in [2.24, 2.45) is 0 Å². The molecule has 1 aliphatic heterocycles. The maximum atomic E-state index is 5.39. The Morgan fingerprint density at radius 2 is 1.88 bits per heavy atom. The minimum absolute atomic E-state index is 0.770. The van der Waals surface area contributed by atoms with Gasteiger partial charge in [-0.05, 0) is 46.9 Å². The first-order valence-electron chi connectivity index (χ1n) is 5.27. The van der Waals surface area contributed by atoms with Gasteiger partial charge in [-0.25, -0.2) is 9.97 Å². The highest BCUT2D eigenvalue weighted by Crippen LogP contribution is 2.31. The number of rotatable bonds is 2. The van der Waals surface area contributed by atoms with E-state index < -0.39 is 0 Å². The van der Waals surface area contributed by atoms with Crippen molar-refractivity contribution in [3.8, 4) is 0 Å². The van der Waals surface area contributed by atoms with E-state index in [1.165, 1.54) is 30.1 Å². The minimum Gasteiger partial charge on any atom is -0.357 e. The van der Waals surface area contributed by atoms with Crippen LogP contribution < -0.4 is 0 Å². The molecule has 0 saturated carbocycles. The smallest absolute Gasteiger partial charge is 0.198 e. The Kier molecular flexibility index (Phi) is 4.87. The van der Waals surface area contributed by atoms with Crippen molar-refractivity contribution < 1.29 is 0 Å². The fraction of sp³-hybridized carbons (Fsp3) is 0.500.